The monoisotopic (exact) mass is 344 g/mol. The zero-order valence-corrected chi connectivity index (χ0v) is 14.6. The maximum atomic E-state index is 11.9. The maximum absolute atomic E-state index is 11.9. The second kappa shape index (κ2) is 9.08. The van der Waals surface area contributed by atoms with Gasteiger partial charge in [0, 0.05) is 5.02 Å². The highest BCUT2D eigenvalue weighted by atomic mass is 35.5. The van der Waals surface area contributed by atoms with Gasteiger partial charge in [-0.05, 0) is 42.2 Å². The summed E-state index contributed by atoms with van der Waals surface area (Å²) in [4.78, 5) is 16.9. The summed E-state index contributed by atoms with van der Waals surface area (Å²) < 4.78 is 0. The van der Waals surface area contributed by atoms with Crippen molar-refractivity contribution in [3.8, 4) is 0 Å². The molecule has 0 radical (unpaired) electrons. The molecule has 0 aromatic heterocycles. The van der Waals surface area contributed by atoms with E-state index in [2.05, 4.69) is 29.5 Å². The minimum atomic E-state index is -0.213. The molecule has 2 aromatic rings. The van der Waals surface area contributed by atoms with E-state index in [1.165, 1.54) is 11.8 Å². The van der Waals surface area contributed by atoms with Crippen molar-refractivity contribution in [3.63, 3.8) is 0 Å². The van der Waals surface area contributed by atoms with E-state index in [1.54, 1.807) is 12.1 Å². The van der Waals surface area contributed by atoms with Gasteiger partial charge in [0.25, 0.3) is 5.91 Å². The highest BCUT2D eigenvalue weighted by Crippen LogP contribution is 2.13. The molecule has 2 aromatic carbocycles. The van der Waals surface area contributed by atoms with Crippen LogP contribution in [0.2, 0.25) is 5.02 Å². The van der Waals surface area contributed by atoms with Crippen molar-refractivity contribution in [1.29, 1.82) is 0 Å². The number of benzene rings is 2. The molecular weight excluding hydrogens is 324 g/mol. The van der Waals surface area contributed by atoms with Gasteiger partial charge in [-0.2, -0.15) is 0 Å². The number of amides is 1. The van der Waals surface area contributed by atoms with E-state index in [9.17, 15) is 4.79 Å². The van der Waals surface area contributed by atoms with Gasteiger partial charge >= 0.3 is 0 Å². The number of hydrogen-bond donors (Lipinski definition) is 1. The van der Waals surface area contributed by atoms with Crippen molar-refractivity contribution < 1.29 is 9.63 Å². The topological polar surface area (TPSA) is 50.7 Å². The van der Waals surface area contributed by atoms with Crippen LogP contribution in [0.3, 0.4) is 0 Å². The van der Waals surface area contributed by atoms with Crippen LogP contribution >= 0.6 is 11.6 Å². The number of carbonyl (C=O) groups is 1. The lowest BCUT2D eigenvalue weighted by Gasteiger charge is -2.14. The summed E-state index contributed by atoms with van der Waals surface area (Å²) in [6.45, 7) is 3.93. The lowest BCUT2D eigenvalue weighted by atomic mass is 10.1. The third-order valence-electron chi connectivity index (χ3n) is 3.61. The van der Waals surface area contributed by atoms with Crippen LogP contribution in [0.4, 0.5) is 0 Å². The van der Waals surface area contributed by atoms with E-state index in [-0.39, 0.29) is 18.6 Å². The molecule has 0 heterocycles. The van der Waals surface area contributed by atoms with Gasteiger partial charge in [-0.15, -0.1) is 0 Å². The first kappa shape index (κ1) is 18.0. The largest absolute Gasteiger partial charge is 0.386 e. The predicted molar refractivity (Wildman–Crippen MR) is 97.4 cm³/mol. The zero-order chi connectivity index (χ0) is 17.4. The van der Waals surface area contributed by atoms with Gasteiger partial charge in [0.15, 0.2) is 6.61 Å². The Morgan fingerprint density at radius 3 is 2.50 bits per heavy atom. The lowest BCUT2D eigenvalue weighted by molar-refractivity contribution is -0.126. The average Bonchev–Trinajstić information content (AvgIpc) is 2.60. The fourth-order valence-electron chi connectivity index (χ4n) is 2.15. The molecule has 0 aliphatic rings. The van der Waals surface area contributed by atoms with Crippen molar-refractivity contribution in [3.05, 3.63) is 70.2 Å². The van der Waals surface area contributed by atoms with Gasteiger partial charge in [0.05, 0.1) is 12.3 Å². The van der Waals surface area contributed by atoms with Crippen LogP contribution in [0, 0.1) is 0 Å². The molecule has 1 atom stereocenters. The van der Waals surface area contributed by atoms with Gasteiger partial charge in [0.1, 0.15) is 0 Å². The third kappa shape index (κ3) is 5.70. The molecule has 0 aliphatic carbocycles. The summed E-state index contributed by atoms with van der Waals surface area (Å²) >= 11 is 5.80. The highest BCUT2D eigenvalue weighted by Gasteiger charge is 2.09. The van der Waals surface area contributed by atoms with E-state index < -0.39 is 0 Å². The van der Waals surface area contributed by atoms with Crippen LogP contribution in [0.5, 0.6) is 0 Å². The van der Waals surface area contributed by atoms with Crippen molar-refractivity contribution in [2.45, 2.75) is 26.3 Å². The Hall–Kier alpha value is -2.33. The predicted octanol–water partition coefficient (Wildman–Crippen LogP) is 4.13. The van der Waals surface area contributed by atoms with E-state index in [0.717, 1.165) is 17.5 Å². The number of nitrogens with one attached hydrogen (secondary N) is 1. The van der Waals surface area contributed by atoms with Crippen LogP contribution in [-0.2, 0) is 16.1 Å². The standard InChI is InChI=1S/C19H21ClN2O2/c1-3-15-4-8-17(9-5-15)14(2)22-19(23)13-24-21-12-16-6-10-18(20)11-7-16/h4-12,14H,3,13H2,1-2H3,(H,22,23)/b21-12-/t14-/m0/s1. The SMILES string of the molecule is CCc1ccc([C@H](C)NC(=O)CO/N=C\c2ccc(Cl)cc2)cc1. The molecule has 0 unspecified atom stereocenters. The van der Waals surface area contributed by atoms with Gasteiger partial charge in [-0.1, -0.05) is 60.1 Å². The van der Waals surface area contributed by atoms with Gasteiger partial charge < -0.3 is 10.2 Å². The number of halogens is 1. The molecular formula is C19H21ClN2O2. The molecule has 1 N–H and O–H groups in total. The van der Waals surface area contributed by atoms with E-state index in [4.69, 9.17) is 16.4 Å². The molecule has 2 rings (SSSR count). The molecule has 126 valence electrons. The summed E-state index contributed by atoms with van der Waals surface area (Å²) in [5.74, 6) is -0.213. The molecule has 0 bridgehead atoms. The number of carbonyl (C=O) groups excluding carboxylic acids is 1. The Morgan fingerprint density at radius 1 is 1.21 bits per heavy atom. The fraction of sp³-hybridized carbons (Fsp3) is 0.263. The Balaban J connectivity index is 1.76. The summed E-state index contributed by atoms with van der Waals surface area (Å²) in [6.07, 6.45) is 2.54. The fourth-order valence-corrected chi connectivity index (χ4v) is 2.28. The summed E-state index contributed by atoms with van der Waals surface area (Å²) in [5, 5.41) is 7.33. The lowest BCUT2D eigenvalue weighted by Crippen LogP contribution is -2.29. The Kier molecular flexibility index (Phi) is 6.82. The van der Waals surface area contributed by atoms with Crippen molar-refractivity contribution >= 4 is 23.7 Å². The van der Waals surface area contributed by atoms with Crippen molar-refractivity contribution in [2.24, 2.45) is 5.16 Å². The van der Waals surface area contributed by atoms with Crippen LogP contribution in [0.25, 0.3) is 0 Å². The molecule has 0 fully saturated rings. The molecule has 0 aliphatic heterocycles. The molecule has 4 nitrogen and oxygen atoms in total. The van der Waals surface area contributed by atoms with Gasteiger partial charge in [0.2, 0.25) is 0 Å². The Bertz CT molecular complexity index is 682. The van der Waals surface area contributed by atoms with Gasteiger partial charge in [-0.3, -0.25) is 4.79 Å². The van der Waals surface area contributed by atoms with Crippen LogP contribution in [0.15, 0.2) is 53.7 Å². The second-order valence-corrected chi connectivity index (χ2v) is 5.88. The first-order valence-electron chi connectivity index (χ1n) is 7.87. The van der Waals surface area contributed by atoms with Crippen LogP contribution in [0.1, 0.15) is 36.6 Å². The number of nitrogens with zero attached hydrogens (tertiary/aromatic N) is 1. The Morgan fingerprint density at radius 2 is 1.88 bits per heavy atom. The van der Waals surface area contributed by atoms with Crippen LogP contribution < -0.4 is 5.32 Å². The quantitative estimate of drug-likeness (QED) is 0.606. The Labute approximate surface area is 147 Å². The smallest absolute Gasteiger partial charge is 0.261 e. The third-order valence-corrected chi connectivity index (χ3v) is 3.86. The molecule has 0 spiro atoms. The molecule has 0 saturated heterocycles. The molecule has 1 amide bonds. The van der Waals surface area contributed by atoms with E-state index in [0.29, 0.717) is 5.02 Å². The molecule has 5 heteroatoms. The van der Waals surface area contributed by atoms with Gasteiger partial charge in [-0.25, -0.2) is 0 Å². The summed E-state index contributed by atoms with van der Waals surface area (Å²) in [6, 6.07) is 15.3. The zero-order valence-electron chi connectivity index (χ0n) is 13.8. The summed E-state index contributed by atoms with van der Waals surface area (Å²) in [5.41, 5.74) is 3.19. The first-order chi connectivity index (χ1) is 11.6. The molecule has 24 heavy (non-hydrogen) atoms. The van der Waals surface area contributed by atoms with E-state index in [1.807, 2.05) is 31.2 Å². The van der Waals surface area contributed by atoms with Crippen molar-refractivity contribution in [1.82, 2.24) is 5.32 Å². The highest BCUT2D eigenvalue weighted by molar-refractivity contribution is 6.30. The summed E-state index contributed by atoms with van der Waals surface area (Å²) in [7, 11) is 0. The van der Waals surface area contributed by atoms with Crippen LogP contribution in [-0.4, -0.2) is 18.7 Å². The number of aryl methyl sites for hydroxylation is 1. The number of rotatable bonds is 7. The number of hydrogen-bond acceptors (Lipinski definition) is 3. The average molecular weight is 345 g/mol. The minimum absolute atomic E-state index is 0.0766. The second-order valence-electron chi connectivity index (χ2n) is 5.44. The number of oxime groups is 1. The van der Waals surface area contributed by atoms with Crippen molar-refractivity contribution in [2.75, 3.05) is 6.61 Å². The normalized spacial score (nSPS) is 12.1. The maximum Gasteiger partial charge on any atom is 0.261 e. The minimum Gasteiger partial charge on any atom is -0.386 e. The molecule has 0 saturated carbocycles. The first-order valence-corrected chi connectivity index (χ1v) is 8.25. The van der Waals surface area contributed by atoms with E-state index >= 15 is 0 Å².